The number of aliphatic hydroxyl groups is 3. The maximum Gasteiger partial charge on any atom is 0.374 e. The van der Waals surface area contributed by atoms with Crippen molar-refractivity contribution in [2.24, 2.45) is 0 Å². The van der Waals surface area contributed by atoms with E-state index in [0.717, 1.165) is 7.11 Å². The van der Waals surface area contributed by atoms with Gasteiger partial charge in [-0.25, -0.2) is 14.4 Å². The van der Waals surface area contributed by atoms with Gasteiger partial charge in [0.1, 0.15) is 18.3 Å². The van der Waals surface area contributed by atoms with E-state index in [1.54, 1.807) is 0 Å². The molecule has 0 amide bonds. The molecule has 1 aromatic rings. The zero-order valence-corrected chi connectivity index (χ0v) is 13.3. The van der Waals surface area contributed by atoms with Gasteiger partial charge < -0.3 is 29.9 Å². The number of ether oxygens (including phenoxy) is 2. The second kappa shape index (κ2) is 8.21. The molecule has 11 heteroatoms. The lowest BCUT2D eigenvalue weighted by molar-refractivity contribution is -0.394. The predicted octanol–water partition coefficient (Wildman–Crippen LogP) is -1.55. The number of hydrogen-bond donors (Lipinski definition) is 4. The van der Waals surface area contributed by atoms with Gasteiger partial charge in [-0.3, -0.25) is 4.89 Å². The molecule has 1 aromatic carbocycles. The smallest absolute Gasteiger partial charge is 0.374 e. The van der Waals surface area contributed by atoms with Crippen molar-refractivity contribution in [2.45, 2.75) is 30.7 Å². The van der Waals surface area contributed by atoms with Crippen molar-refractivity contribution in [1.82, 2.24) is 0 Å². The molecule has 0 unspecified atom stereocenters. The summed E-state index contributed by atoms with van der Waals surface area (Å²) in [5.41, 5.74) is -0.340. The Morgan fingerprint density at radius 1 is 0.962 bits per heavy atom. The standard InChI is InChI=1S/C15H16O11/c1-23-13(21)6-4-2-3-5-7(6)14(22)25-26-15-10(18)8(16)9(17)11(24-15)12(19)20/h2-5,8-11,15-18H,1H3,(H,19,20)/t8-,9-,10+,11-,15-/m0/s1. The lowest BCUT2D eigenvalue weighted by Crippen LogP contribution is -2.60. The van der Waals surface area contributed by atoms with Crippen LogP contribution in [-0.2, 0) is 24.0 Å². The summed E-state index contributed by atoms with van der Waals surface area (Å²) < 4.78 is 9.30. The molecule has 1 heterocycles. The van der Waals surface area contributed by atoms with Crippen LogP contribution in [0.2, 0.25) is 0 Å². The fraction of sp³-hybridized carbons (Fsp3) is 0.400. The monoisotopic (exact) mass is 372 g/mol. The molecule has 142 valence electrons. The Hall–Kier alpha value is -2.57. The molecule has 4 N–H and O–H groups in total. The van der Waals surface area contributed by atoms with E-state index < -0.39 is 48.6 Å². The fourth-order valence-corrected chi connectivity index (χ4v) is 2.22. The first-order valence-electron chi connectivity index (χ1n) is 7.25. The van der Waals surface area contributed by atoms with E-state index in [-0.39, 0.29) is 11.1 Å². The summed E-state index contributed by atoms with van der Waals surface area (Å²) >= 11 is 0. The van der Waals surface area contributed by atoms with Gasteiger partial charge in [-0.1, -0.05) is 12.1 Å². The average Bonchev–Trinajstić information content (AvgIpc) is 2.64. The second-order valence-electron chi connectivity index (χ2n) is 5.24. The zero-order valence-electron chi connectivity index (χ0n) is 13.3. The van der Waals surface area contributed by atoms with Gasteiger partial charge in [0.05, 0.1) is 18.2 Å². The topological polar surface area (TPSA) is 169 Å². The summed E-state index contributed by atoms with van der Waals surface area (Å²) in [5.74, 6) is -3.59. The van der Waals surface area contributed by atoms with Crippen molar-refractivity contribution in [3.8, 4) is 0 Å². The number of hydrogen-bond acceptors (Lipinski definition) is 10. The highest BCUT2D eigenvalue weighted by molar-refractivity contribution is 6.02. The van der Waals surface area contributed by atoms with Crippen LogP contribution < -0.4 is 0 Å². The minimum Gasteiger partial charge on any atom is -0.479 e. The van der Waals surface area contributed by atoms with Gasteiger partial charge in [-0.15, -0.1) is 4.89 Å². The first-order chi connectivity index (χ1) is 12.3. The van der Waals surface area contributed by atoms with Crippen molar-refractivity contribution in [3.63, 3.8) is 0 Å². The molecule has 1 fully saturated rings. The molecule has 11 nitrogen and oxygen atoms in total. The number of carboxylic acids is 1. The largest absolute Gasteiger partial charge is 0.479 e. The Bertz CT molecular complexity index is 688. The lowest BCUT2D eigenvalue weighted by atomic mass is 9.99. The molecule has 0 aliphatic carbocycles. The van der Waals surface area contributed by atoms with Gasteiger partial charge in [0.15, 0.2) is 6.10 Å². The Balaban J connectivity index is 2.09. The number of aliphatic hydroxyl groups excluding tert-OH is 3. The third-order valence-corrected chi connectivity index (χ3v) is 3.58. The van der Waals surface area contributed by atoms with Crippen LogP contribution in [0.1, 0.15) is 20.7 Å². The maximum atomic E-state index is 12.1. The molecule has 1 aliphatic rings. The highest BCUT2D eigenvalue weighted by Crippen LogP contribution is 2.23. The molecule has 0 aromatic heterocycles. The lowest BCUT2D eigenvalue weighted by Gasteiger charge is -2.37. The van der Waals surface area contributed by atoms with E-state index in [4.69, 9.17) is 9.84 Å². The van der Waals surface area contributed by atoms with Crippen molar-refractivity contribution in [1.29, 1.82) is 0 Å². The number of carboxylic acid groups (broad SMARTS) is 1. The molecule has 0 bridgehead atoms. The van der Waals surface area contributed by atoms with Crippen molar-refractivity contribution in [2.75, 3.05) is 7.11 Å². The number of carbonyl (C=O) groups is 3. The molecule has 0 saturated carbocycles. The maximum absolute atomic E-state index is 12.1. The van der Waals surface area contributed by atoms with E-state index >= 15 is 0 Å². The third kappa shape index (κ3) is 3.98. The highest BCUT2D eigenvalue weighted by Gasteiger charge is 2.48. The van der Waals surface area contributed by atoms with Gasteiger partial charge in [-0.05, 0) is 12.1 Å². The SMILES string of the molecule is COC(=O)c1ccccc1C(=O)OO[C@@H]1O[C@H](C(=O)O)[C@@H](O)[C@H](O)[C@H]1O. The van der Waals surface area contributed by atoms with Gasteiger partial charge >= 0.3 is 17.9 Å². The highest BCUT2D eigenvalue weighted by atomic mass is 17.2. The second-order valence-corrected chi connectivity index (χ2v) is 5.24. The molecule has 0 radical (unpaired) electrons. The average molecular weight is 372 g/mol. The zero-order chi connectivity index (χ0) is 19.4. The summed E-state index contributed by atoms with van der Waals surface area (Å²) in [4.78, 5) is 43.7. The van der Waals surface area contributed by atoms with Crippen molar-refractivity contribution in [3.05, 3.63) is 35.4 Å². The molecule has 5 atom stereocenters. The van der Waals surface area contributed by atoms with Crippen LogP contribution in [0.4, 0.5) is 0 Å². The molecule has 2 rings (SSSR count). The quantitative estimate of drug-likeness (QED) is 0.268. The molecular formula is C15H16O11. The summed E-state index contributed by atoms with van der Waals surface area (Å²) in [5, 5.41) is 37.9. The summed E-state index contributed by atoms with van der Waals surface area (Å²) in [6, 6.07) is 5.46. The molecule has 0 spiro atoms. The number of methoxy groups -OCH3 is 1. The van der Waals surface area contributed by atoms with E-state index in [9.17, 15) is 29.7 Å². The predicted molar refractivity (Wildman–Crippen MR) is 78.6 cm³/mol. The van der Waals surface area contributed by atoms with Crippen molar-refractivity contribution < 1.29 is 54.1 Å². The third-order valence-electron chi connectivity index (χ3n) is 3.58. The van der Waals surface area contributed by atoms with Crippen LogP contribution in [0.3, 0.4) is 0 Å². The number of benzene rings is 1. The molecule has 26 heavy (non-hydrogen) atoms. The van der Waals surface area contributed by atoms with Crippen LogP contribution in [0.15, 0.2) is 24.3 Å². The Kier molecular flexibility index (Phi) is 6.23. The van der Waals surface area contributed by atoms with Gasteiger partial charge in [0.25, 0.3) is 0 Å². The minimum absolute atomic E-state index is 0.118. The normalized spacial score (nSPS) is 28.2. The number of aliphatic carboxylic acids is 1. The van der Waals surface area contributed by atoms with Gasteiger partial charge in [0.2, 0.25) is 6.29 Å². The van der Waals surface area contributed by atoms with Crippen LogP contribution in [0, 0.1) is 0 Å². The summed E-state index contributed by atoms with van der Waals surface area (Å²) in [7, 11) is 1.12. The Morgan fingerprint density at radius 2 is 1.54 bits per heavy atom. The molecular weight excluding hydrogens is 356 g/mol. The summed E-state index contributed by atoms with van der Waals surface area (Å²) in [6.07, 6.45) is -9.54. The van der Waals surface area contributed by atoms with Gasteiger partial charge in [0, 0.05) is 0 Å². The van der Waals surface area contributed by atoms with E-state index in [1.165, 1.54) is 24.3 Å². The van der Waals surface area contributed by atoms with E-state index in [0.29, 0.717) is 0 Å². The van der Waals surface area contributed by atoms with E-state index in [1.807, 2.05) is 0 Å². The molecule has 1 saturated heterocycles. The van der Waals surface area contributed by atoms with Crippen LogP contribution >= 0.6 is 0 Å². The first-order valence-corrected chi connectivity index (χ1v) is 7.25. The number of esters is 1. The number of carbonyl (C=O) groups excluding carboxylic acids is 2. The first kappa shape index (κ1) is 19.8. The van der Waals surface area contributed by atoms with E-state index in [2.05, 4.69) is 14.5 Å². The fourth-order valence-electron chi connectivity index (χ4n) is 2.22. The number of rotatable bonds is 5. The molecule has 1 aliphatic heterocycles. The van der Waals surface area contributed by atoms with Crippen LogP contribution in [0.25, 0.3) is 0 Å². The minimum atomic E-state index is -1.92. The van der Waals surface area contributed by atoms with Crippen molar-refractivity contribution >= 4 is 17.9 Å². The van der Waals surface area contributed by atoms with Gasteiger partial charge in [-0.2, -0.15) is 0 Å². The summed E-state index contributed by atoms with van der Waals surface area (Å²) in [6.45, 7) is 0. The van der Waals surface area contributed by atoms with Crippen LogP contribution in [-0.4, -0.2) is 76.1 Å². The van der Waals surface area contributed by atoms with Crippen LogP contribution in [0.5, 0.6) is 0 Å². The Morgan fingerprint density at radius 3 is 2.08 bits per heavy atom. The Labute approximate surface area is 146 Å².